The molecular weight excluding hydrogens is 1070 g/mol. The average molecular weight is 1140 g/mol. The van der Waals surface area contributed by atoms with Crippen molar-refractivity contribution in [3.05, 3.63) is 143 Å². The first-order valence-corrected chi connectivity index (χ1v) is 28.9. The maximum atomic E-state index is 13.5. The number of aromatic nitrogens is 3. The summed E-state index contributed by atoms with van der Waals surface area (Å²) in [4.78, 5) is 80.1. The Bertz CT molecular complexity index is 3440. The molecule has 0 saturated carbocycles. The molecule has 5 aliphatic heterocycles. The van der Waals surface area contributed by atoms with Gasteiger partial charge >= 0.3 is 6.09 Å². The Balaban J connectivity index is 0.692. The SMILES string of the molecule is CC[C@@]12C[C@@H](Oc3ncc(CN4CCN(c5ccc6c(c5)C(=O)N([C@H]5CCC(=O)NC5=O)C6)CC4)cc3C)CN1c1cc(-c3ccccc3OCOCCOC)nnc1N(CNC(=O)CNC(=O)OCC1c3ccccc3-c3ccccc31)C2. The second kappa shape index (κ2) is 24.3. The van der Waals surface area contributed by atoms with Crippen molar-refractivity contribution in [2.24, 2.45) is 0 Å². The third kappa shape index (κ3) is 11.4. The van der Waals surface area contributed by atoms with Crippen molar-refractivity contribution >= 4 is 46.9 Å². The van der Waals surface area contributed by atoms with Gasteiger partial charge < -0.3 is 53.9 Å². The highest BCUT2D eigenvalue weighted by atomic mass is 16.7. The molecule has 7 heterocycles. The van der Waals surface area contributed by atoms with Gasteiger partial charge in [-0.2, -0.15) is 0 Å². The van der Waals surface area contributed by atoms with Crippen molar-refractivity contribution in [1.82, 2.24) is 40.9 Å². The molecule has 3 saturated heterocycles. The highest BCUT2D eigenvalue weighted by Gasteiger charge is 2.51. The van der Waals surface area contributed by atoms with Crippen LogP contribution in [-0.4, -0.2) is 159 Å². The lowest BCUT2D eigenvalue weighted by Gasteiger charge is -2.48. The molecule has 3 N–H and O–H groups in total. The van der Waals surface area contributed by atoms with E-state index in [9.17, 15) is 24.0 Å². The maximum Gasteiger partial charge on any atom is 0.407 e. The number of piperidine rings is 1. The number of hydrogen-bond donors (Lipinski definition) is 3. The van der Waals surface area contributed by atoms with E-state index in [-0.39, 0.29) is 56.9 Å². The molecule has 21 nitrogen and oxygen atoms in total. The minimum Gasteiger partial charge on any atom is -0.472 e. The second-order valence-electron chi connectivity index (χ2n) is 22.3. The predicted molar refractivity (Wildman–Crippen MR) is 313 cm³/mol. The summed E-state index contributed by atoms with van der Waals surface area (Å²) in [5.74, 6) is 0.365. The van der Waals surface area contributed by atoms with Crippen LogP contribution in [0.1, 0.15) is 76.7 Å². The quantitative estimate of drug-likeness (QED) is 0.0442. The van der Waals surface area contributed by atoms with E-state index in [0.717, 1.165) is 88.5 Å². The lowest BCUT2D eigenvalue weighted by Crippen LogP contribution is -2.58. The number of rotatable bonds is 20. The highest BCUT2D eigenvalue weighted by Crippen LogP contribution is 2.48. The number of methoxy groups -OCH3 is 1. The van der Waals surface area contributed by atoms with Crippen LogP contribution in [0.4, 0.5) is 22.0 Å². The third-order valence-corrected chi connectivity index (χ3v) is 17.2. The van der Waals surface area contributed by atoms with Crippen molar-refractivity contribution < 1.29 is 47.7 Å². The van der Waals surface area contributed by atoms with Crippen molar-refractivity contribution in [1.29, 1.82) is 0 Å². The fourth-order valence-electron chi connectivity index (χ4n) is 12.8. The molecule has 84 heavy (non-hydrogen) atoms. The largest absolute Gasteiger partial charge is 0.472 e. The van der Waals surface area contributed by atoms with E-state index in [2.05, 4.69) is 74.0 Å². The first-order valence-electron chi connectivity index (χ1n) is 28.9. The molecule has 0 bridgehead atoms. The van der Waals surface area contributed by atoms with Crippen molar-refractivity contribution in [2.75, 3.05) is 101 Å². The number of pyridine rings is 1. The standard InChI is InChI=1S/C63H69N11O10/c1-4-63-30-44(84-60-40(2)27-41(31-64-60)33-70-21-23-71(24-22-70)43-18-17-42-34-73(61(78)50(42)28-43)53-19-20-56(75)67-59(53)77)35-74(63)54-29-52(49-15-9-10-16-55(49)83-39-81-26-25-80-3)68-69-58(54)72(37-63)38-66-57(76)32-65-62(79)82-36-51-47-13-7-5-11-45(47)46-12-6-8-14-48(46)51/h5-18,27-29,31,44,51,53H,4,19-26,30,32-39H2,1-3H3,(H,65,79)(H,66,76)(H,67,75,77)/t44-,53+,63+/m1/s1. The fourth-order valence-corrected chi connectivity index (χ4v) is 12.8. The number of para-hydroxylation sites is 1. The number of anilines is 3. The Kier molecular flexibility index (Phi) is 16.1. The molecule has 436 valence electrons. The van der Waals surface area contributed by atoms with Crippen LogP contribution < -0.4 is 40.1 Å². The first-order chi connectivity index (χ1) is 40.9. The van der Waals surface area contributed by atoms with E-state index in [1.807, 2.05) is 84.8 Å². The Morgan fingerprint density at radius 2 is 1.61 bits per heavy atom. The highest BCUT2D eigenvalue weighted by molar-refractivity contribution is 6.05. The van der Waals surface area contributed by atoms with Gasteiger partial charge in [-0.3, -0.25) is 29.4 Å². The summed E-state index contributed by atoms with van der Waals surface area (Å²) in [6, 6.07) is 33.4. The van der Waals surface area contributed by atoms with Crippen LogP contribution in [-0.2, 0) is 41.7 Å². The predicted octanol–water partition coefficient (Wildman–Crippen LogP) is 6.17. The Morgan fingerprint density at radius 1 is 0.845 bits per heavy atom. The number of nitrogens with one attached hydrogen (secondary N) is 3. The molecule has 3 atom stereocenters. The van der Waals surface area contributed by atoms with Gasteiger partial charge in [-0.15, -0.1) is 10.2 Å². The molecule has 6 aliphatic rings. The van der Waals surface area contributed by atoms with Gasteiger partial charge in [0.05, 0.1) is 43.3 Å². The van der Waals surface area contributed by atoms with Crippen LogP contribution in [0.2, 0.25) is 0 Å². The van der Waals surface area contributed by atoms with E-state index in [1.54, 1.807) is 12.0 Å². The Labute approximate surface area is 487 Å². The number of fused-ring (bicyclic) bond motifs is 7. The summed E-state index contributed by atoms with van der Waals surface area (Å²) in [5.41, 5.74) is 10.7. The van der Waals surface area contributed by atoms with Gasteiger partial charge in [0.25, 0.3) is 5.91 Å². The topological polar surface area (TPSA) is 222 Å². The number of alkyl carbamates (subject to hydrolysis) is 1. The molecular formula is C63H69N11O10. The summed E-state index contributed by atoms with van der Waals surface area (Å²) in [5, 5.41) is 17.6. The molecule has 2 aromatic heterocycles. The number of carbonyl (C=O) groups excluding carboxylic acids is 5. The van der Waals surface area contributed by atoms with Gasteiger partial charge in [0.15, 0.2) is 12.6 Å². The van der Waals surface area contributed by atoms with Crippen LogP contribution in [0.5, 0.6) is 11.6 Å². The number of carbonyl (C=O) groups is 5. The Hall–Kier alpha value is -8.66. The van der Waals surface area contributed by atoms with Crippen LogP contribution in [0.25, 0.3) is 22.4 Å². The average Bonchev–Trinajstić information content (AvgIpc) is 1.90. The number of amides is 5. The van der Waals surface area contributed by atoms with Gasteiger partial charge in [-0.05, 0) is 89.5 Å². The zero-order valence-corrected chi connectivity index (χ0v) is 47.5. The van der Waals surface area contributed by atoms with E-state index in [4.69, 9.17) is 38.9 Å². The Morgan fingerprint density at radius 3 is 2.36 bits per heavy atom. The molecule has 0 unspecified atom stereocenters. The van der Waals surface area contributed by atoms with E-state index in [1.165, 1.54) is 0 Å². The maximum absolute atomic E-state index is 13.5. The number of hydrogen-bond acceptors (Lipinski definition) is 17. The number of ether oxygens (including phenoxy) is 5. The smallest absolute Gasteiger partial charge is 0.407 e. The van der Waals surface area contributed by atoms with Gasteiger partial charge in [-0.25, -0.2) is 9.78 Å². The zero-order valence-electron chi connectivity index (χ0n) is 47.5. The molecule has 3 fully saturated rings. The summed E-state index contributed by atoms with van der Waals surface area (Å²) in [7, 11) is 1.62. The number of benzene rings is 4. The molecule has 0 spiro atoms. The van der Waals surface area contributed by atoms with Crippen molar-refractivity contribution in [3.8, 4) is 34.0 Å². The molecule has 4 aromatic carbocycles. The molecule has 12 rings (SSSR count). The van der Waals surface area contributed by atoms with Crippen LogP contribution in [0.3, 0.4) is 0 Å². The summed E-state index contributed by atoms with van der Waals surface area (Å²) in [6.07, 6.45) is 2.95. The lowest BCUT2D eigenvalue weighted by atomic mass is 9.89. The molecule has 0 radical (unpaired) electrons. The molecule has 5 amide bonds. The number of imide groups is 1. The van der Waals surface area contributed by atoms with Crippen LogP contribution >= 0.6 is 0 Å². The summed E-state index contributed by atoms with van der Waals surface area (Å²) >= 11 is 0. The van der Waals surface area contributed by atoms with Gasteiger partial charge in [0.1, 0.15) is 31.0 Å². The third-order valence-electron chi connectivity index (χ3n) is 17.2. The lowest BCUT2D eigenvalue weighted by molar-refractivity contribution is -0.137. The van der Waals surface area contributed by atoms with Crippen molar-refractivity contribution in [3.63, 3.8) is 0 Å². The second-order valence-corrected chi connectivity index (χ2v) is 22.3. The normalized spacial score (nSPS) is 20.0. The fraction of sp³-hybridized carbons (Fsp3) is 0.397. The first kappa shape index (κ1) is 55.9. The van der Waals surface area contributed by atoms with Gasteiger partial charge in [0.2, 0.25) is 23.6 Å². The monoisotopic (exact) mass is 1140 g/mol. The summed E-state index contributed by atoms with van der Waals surface area (Å²) in [6.45, 7) is 10.3. The van der Waals surface area contributed by atoms with Crippen molar-refractivity contribution in [2.45, 2.75) is 76.2 Å². The molecule has 6 aromatic rings. The number of nitrogens with zero attached hydrogens (tertiary/aromatic N) is 8. The van der Waals surface area contributed by atoms with E-state index < -0.39 is 29.5 Å². The molecule has 1 aliphatic carbocycles. The number of aryl methyl sites for hydroxylation is 1. The van der Waals surface area contributed by atoms with Crippen LogP contribution in [0.15, 0.2) is 109 Å². The van der Waals surface area contributed by atoms with Gasteiger partial charge in [-0.1, -0.05) is 73.7 Å². The minimum absolute atomic E-state index is 0.0250. The molecule has 21 heteroatoms. The van der Waals surface area contributed by atoms with E-state index >= 15 is 0 Å². The summed E-state index contributed by atoms with van der Waals surface area (Å²) < 4.78 is 29.4. The minimum atomic E-state index is -0.677. The van der Waals surface area contributed by atoms with E-state index in [0.29, 0.717) is 80.9 Å². The van der Waals surface area contributed by atoms with Gasteiger partial charge in [0, 0.05) is 100 Å². The van der Waals surface area contributed by atoms with Crippen LogP contribution in [0, 0.1) is 6.92 Å². The zero-order chi connectivity index (χ0) is 57.9. The number of piperazine rings is 1.